The molecule has 2 amide bonds. The van der Waals surface area contributed by atoms with Gasteiger partial charge in [-0.25, -0.2) is 4.79 Å². The fourth-order valence-corrected chi connectivity index (χ4v) is 3.36. The highest BCUT2D eigenvalue weighted by Gasteiger charge is 2.59. The molecule has 0 radical (unpaired) electrons. The van der Waals surface area contributed by atoms with Crippen LogP contribution in [0.5, 0.6) is 0 Å². The Hall–Kier alpha value is -2.86. The monoisotopic (exact) mass is 400 g/mol. The largest absolute Gasteiger partial charge is 0.430 e. The van der Waals surface area contributed by atoms with Gasteiger partial charge in [-0.05, 0) is 36.8 Å². The van der Waals surface area contributed by atoms with E-state index in [1.807, 2.05) is 6.92 Å². The Labute approximate surface area is 168 Å². The second-order valence-electron chi connectivity index (χ2n) is 6.57. The number of unbranched alkanes of at least 4 members (excludes halogenated alkanes) is 1. The normalized spacial score (nSPS) is 18.0. The van der Waals surface area contributed by atoms with Gasteiger partial charge in [-0.2, -0.15) is 0 Å². The van der Waals surface area contributed by atoms with E-state index in [2.05, 4.69) is 5.32 Å². The summed E-state index contributed by atoms with van der Waals surface area (Å²) >= 11 is 6.13. The minimum atomic E-state index is -2.12. The van der Waals surface area contributed by atoms with E-state index in [0.29, 0.717) is 17.3 Å². The van der Waals surface area contributed by atoms with Crippen LogP contribution in [0, 0.1) is 0 Å². The number of benzene rings is 2. The Bertz CT molecular complexity index is 916. The molecule has 0 saturated carbocycles. The smallest absolute Gasteiger partial charge is 0.340 e. The third kappa shape index (κ3) is 3.36. The van der Waals surface area contributed by atoms with Crippen LogP contribution >= 0.6 is 11.6 Å². The summed E-state index contributed by atoms with van der Waals surface area (Å²) in [6.45, 7) is 2.35. The molecule has 0 fully saturated rings. The number of carbonyl (C=O) groups excluding carboxylic acids is 3. The summed E-state index contributed by atoms with van der Waals surface area (Å²) < 4.78 is 5.64. The standard InChI is InChI=1S/C21H21ClN2O4/c1-3-4-12-23-19(26)21(28-18(25)14-8-6-5-7-9-14)16-13-15(22)10-11-17(16)24(2)20(21)27/h5-11,13H,3-4,12H2,1-2H3,(H,23,26). The molecule has 1 unspecified atom stereocenters. The fourth-order valence-electron chi connectivity index (χ4n) is 3.18. The SMILES string of the molecule is CCCCNC(=O)C1(OC(=O)c2ccccc2)C(=O)N(C)c2ccc(Cl)cc21. The predicted molar refractivity (Wildman–Crippen MR) is 106 cm³/mol. The number of ether oxygens (including phenoxy) is 1. The first kappa shape index (κ1) is 19.9. The van der Waals surface area contributed by atoms with Crippen LogP contribution in [-0.2, 0) is 19.9 Å². The van der Waals surface area contributed by atoms with Crippen LogP contribution in [0.15, 0.2) is 48.5 Å². The first-order chi connectivity index (χ1) is 13.4. The molecule has 2 aromatic carbocycles. The highest BCUT2D eigenvalue weighted by molar-refractivity contribution is 6.31. The summed E-state index contributed by atoms with van der Waals surface area (Å²) in [6.07, 6.45) is 1.61. The van der Waals surface area contributed by atoms with Crippen molar-refractivity contribution < 1.29 is 19.1 Å². The topological polar surface area (TPSA) is 75.7 Å². The molecular formula is C21H21ClN2O4. The number of hydrogen-bond acceptors (Lipinski definition) is 4. The molecule has 0 bridgehead atoms. The van der Waals surface area contributed by atoms with Crippen LogP contribution in [0.3, 0.4) is 0 Å². The quantitative estimate of drug-likeness (QED) is 0.458. The van der Waals surface area contributed by atoms with E-state index in [1.54, 1.807) is 42.5 Å². The van der Waals surface area contributed by atoms with E-state index in [9.17, 15) is 14.4 Å². The fraction of sp³-hybridized carbons (Fsp3) is 0.286. The first-order valence-corrected chi connectivity index (χ1v) is 9.44. The number of nitrogens with zero attached hydrogens (tertiary/aromatic N) is 1. The molecule has 1 heterocycles. The van der Waals surface area contributed by atoms with Crippen LogP contribution < -0.4 is 10.2 Å². The average molecular weight is 401 g/mol. The van der Waals surface area contributed by atoms with Gasteiger partial charge in [-0.1, -0.05) is 43.1 Å². The summed E-state index contributed by atoms with van der Waals surface area (Å²) in [5.41, 5.74) is -1.14. The highest BCUT2D eigenvalue weighted by atomic mass is 35.5. The van der Waals surface area contributed by atoms with Crippen molar-refractivity contribution in [2.75, 3.05) is 18.5 Å². The molecule has 3 rings (SSSR count). The zero-order valence-electron chi connectivity index (χ0n) is 15.7. The van der Waals surface area contributed by atoms with Crippen molar-refractivity contribution in [3.63, 3.8) is 0 Å². The molecule has 1 N–H and O–H groups in total. The van der Waals surface area contributed by atoms with Gasteiger partial charge < -0.3 is 15.0 Å². The number of anilines is 1. The Morgan fingerprint density at radius 3 is 2.57 bits per heavy atom. The second kappa shape index (κ2) is 8.02. The van der Waals surface area contributed by atoms with E-state index in [1.165, 1.54) is 18.0 Å². The van der Waals surface area contributed by atoms with Gasteiger partial charge in [0.1, 0.15) is 0 Å². The molecule has 0 aliphatic carbocycles. The number of rotatable bonds is 6. The lowest BCUT2D eigenvalue weighted by atomic mass is 9.93. The molecule has 0 saturated heterocycles. The first-order valence-electron chi connectivity index (χ1n) is 9.06. The molecule has 2 aromatic rings. The second-order valence-corrected chi connectivity index (χ2v) is 7.01. The molecule has 146 valence electrons. The van der Waals surface area contributed by atoms with Gasteiger partial charge in [0.05, 0.1) is 11.3 Å². The van der Waals surface area contributed by atoms with Gasteiger partial charge in [0, 0.05) is 24.2 Å². The van der Waals surface area contributed by atoms with Crippen molar-refractivity contribution in [3.05, 3.63) is 64.7 Å². The maximum Gasteiger partial charge on any atom is 0.340 e. The molecule has 28 heavy (non-hydrogen) atoms. The van der Waals surface area contributed by atoms with E-state index < -0.39 is 23.4 Å². The minimum absolute atomic E-state index is 0.245. The van der Waals surface area contributed by atoms with Crippen molar-refractivity contribution in [1.82, 2.24) is 5.32 Å². The Morgan fingerprint density at radius 1 is 1.18 bits per heavy atom. The Balaban J connectivity index is 2.08. The van der Waals surface area contributed by atoms with Crippen LogP contribution in [0.4, 0.5) is 5.69 Å². The average Bonchev–Trinajstić information content (AvgIpc) is 2.91. The maximum absolute atomic E-state index is 13.2. The lowest BCUT2D eigenvalue weighted by Gasteiger charge is -2.27. The number of hydrogen-bond donors (Lipinski definition) is 1. The number of amides is 2. The van der Waals surface area contributed by atoms with Crippen molar-refractivity contribution >= 4 is 35.1 Å². The molecule has 1 aliphatic rings. The van der Waals surface area contributed by atoms with E-state index in [0.717, 1.165) is 12.8 Å². The lowest BCUT2D eigenvalue weighted by Crippen LogP contribution is -2.53. The number of esters is 1. The van der Waals surface area contributed by atoms with Gasteiger partial charge in [0.15, 0.2) is 0 Å². The number of carbonyl (C=O) groups is 3. The third-order valence-electron chi connectivity index (χ3n) is 4.70. The molecular weight excluding hydrogens is 380 g/mol. The summed E-state index contributed by atoms with van der Waals surface area (Å²) in [7, 11) is 1.53. The van der Waals surface area contributed by atoms with Crippen LogP contribution in [0.25, 0.3) is 0 Å². The number of fused-ring (bicyclic) bond motifs is 1. The minimum Gasteiger partial charge on any atom is -0.430 e. The summed E-state index contributed by atoms with van der Waals surface area (Å²) in [4.78, 5) is 40.4. The zero-order valence-corrected chi connectivity index (χ0v) is 16.5. The van der Waals surface area contributed by atoms with Gasteiger partial charge in [-0.3, -0.25) is 9.59 Å². The lowest BCUT2D eigenvalue weighted by molar-refractivity contribution is -0.152. The van der Waals surface area contributed by atoms with Crippen LogP contribution in [-0.4, -0.2) is 31.4 Å². The summed E-state index contributed by atoms with van der Waals surface area (Å²) in [5, 5.41) is 3.06. The van der Waals surface area contributed by atoms with Gasteiger partial charge >= 0.3 is 5.97 Å². The number of halogens is 1. The predicted octanol–water partition coefficient (Wildman–Crippen LogP) is 3.29. The van der Waals surface area contributed by atoms with Gasteiger partial charge in [-0.15, -0.1) is 0 Å². The molecule has 0 spiro atoms. The molecule has 0 aromatic heterocycles. The van der Waals surface area contributed by atoms with Gasteiger partial charge in [0.25, 0.3) is 17.4 Å². The maximum atomic E-state index is 13.2. The van der Waals surface area contributed by atoms with E-state index in [4.69, 9.17) is 16.3 Å². The van der Waals surface area contributed by atoms with Gasteiger partial charge in [0.2, 0.25) is 0 Å². The van der Waals surface area contributed by atoms with Crippen molar-refractivity contribution in [1.29, 1.82) is 0 Å². The zero-order chi connectivity index (χ0) is 20.3. The summed E-state index contributed by atoms with van der Waals surface area (Å²) in [6, 6.07) is 13.0. The van der Waals surface area contributed by atoms with Crippen LogP contribution in [0.2, 0.25) is 5.02 Å². The molecule has 7 heteroatoms. The highest BCUT2D eigenvalue weighted by Crippen LogP contribution is 2.44. The van der Waals surface area contributed by atoms with Crippen molar-refractivity contribution in [2.24, 2.45) is 0 Å². The number of nitrogens with one attached hydrogen (secondary N) is 1. The Kier molecular flexibility index (Phi) is 5.70. The number of likely N-dealkylation sites (N-methyl/N-ethyl adjacent to an activating group) is 1. The van der Waals surface area contributed by atoms with E-state index >= 15 is 0 Å². The molecule has 1 aliphatic heterocycles. The Morgan fingerprint density at radius 2 is 1.89 bits per heavy atom. The van der Waals surface area contributed by atoms with Crippen molar-refractivity contribution in [3.8, 4) is 0 Å². The summed E-state index contributed by atoms with van der Waals surface area (Å²) in [5.74, 6) is -2.08. The van der Waals surface area contributed by atoms with Crippen molar-refractivity contribution in [2.45, 2.75) is 25.4 Å². The molecule has 6 nitrogen and oxygen atoms in total. The van der Waals surface area contributed by atoms with E-state index in [-0.39, 0.29) is 11.1 Å². The van der Waals surface area contributed by atoms with Crippen LogP contribution in [0.1, 0.15) is 35.7 Å². The molecule has 1 atom stereocenters. The third-order valence-corrected chi connectivity index (χ3v) is 4.93.